The Balaban J connectivity index is 2.11. The monoisotopic (exact) mass is 330 g/mol. The van der Waals surface area contributed by atoms with Gasteiger partial charge in [0.2, 0.25) is 0 Å². The fraction of sp³-hybridized carbons (Fsp3) is 0.667. The highest BCUT2D eigenvalue weighted by molar-refractivity contribution is 8.07. The molecule has 3 atom stereocenters. The molecule has 2 rings (SSSR count). The lowest BCUT2D eigenvalue weighted by Crippen LogP contribution is -2.46. The van der Waals surface area contributed by atoms with Gasteiger partial charge < -0.3 is 5.32 Å². The van der Waals surface area contributed by atoms with Crippen molar-refractivity contribution in [2.75, 3.05) is 18.1 Å². The van der Waals surface area contributed by atoms with Gasteiger partial charge in [-0.25, -0.2) is 0 Å². The molecule has 20 heavy (non-hydrogen) atoms. The summed E-state index contributed by atoms with van der Waals surface area (Å²) in [6.07, 6.45) is 5.82. The normalized spacial score (nSPS) is 24.6. The van der Waals surface area contributed by atoms with Gasteiger partial charge in [-0.2, -0.15) is 23.5 Å². The number of nitrogens with zero attached hydrogens (tertiary/aromatic N) is 1. The van der Waals surface area contributed by atoms with Crippen molar-refractivity contribution in [3.63, 3.8) is 0 Å². The summed E-state index contributed by atoms with van der Waals surface area (Å²) >= 11 is 10.5. The smallest absolute Gasteiger partial charge is 0.0621 e. The molecule has 3 unspecified atom stereocenters. The molecule has 1 fully saturated rings. The second kappa shape index (κ2) is 8.52. The molecule has 1 aliphatic heterocycles. The van der Waals surface area contributed by atoms with E-state index in [1.165, 1.54) is 23.5 Å². The molecule has 5 heteroatoms. The van der Waals surface area contributed by atoms with Crippen LogP contribution in [0.3, 0.4) is 0 Å². The Morgan fingerprint density at radius 2 is 2.20 bits per heavy atom. The van der Waals surface area contributed by atoms with Crippen molar-refractivity contribution in [3.8, 4) is 0 Å². The van der Waals surface area contributed by atoms with E-state index in [-0.39, 0.29) is 0 Å². The van der Waals surface area contributed by atoms with E-state index in [2.05, 4.69) is 47.7 Å². The van der Waals surface area contributed by atoms with Crippen molar-refractivity contribution in [1.82, 2.24) is 10.3 Å². The number of pyridine rings is 1. The standard InChI is InChI=1S/C15H23ClN2S2/c1-3-14-15(20-8-7-19-14)13(18-4-2)9-11-5-6-17-10-12(11)16/h5-6,10,13-15,18H,3-4,7-9H2,1-2H3. The number of likely N-dealkylation sites (N-methyl/N-ethyl adjacent to an activating group) is 1. The number of thioether (sulfide) groups is 2. The second-order valence-electron chi connectivity index (χ2n) is 4.99. The van der Waals surface area contributed by atoms with Crippen LogP contribution in [0.15, 0.2) is 18.5 Å². The first kappa shape index (κ1) is 16.5. The second-order valence-corrected chi connectivity index (χ2v) is 8.03. The minimum atomic E-state index is 0.489. The van der Waals surface area contributed by atoms with Crippen LogP contribution >= 0.6 is 35.1 Å². The molecule has 2 nitrogen and oxygen atoms in total. The van der Waals surface area contributed by atoms with Crippen LogP contribution in [0.1, 0.15) is 25.8 Å². The Bertz CT molecular complexity index is 417. The highest BCUT2D eigenvalue weighted by atomic mass is 35.5. The molecular weight excluding hydrogens is 308 g/mol. The summed E-state index contributed by atoms with van der Waals surface area (Å²) in [4.78, 5) is 4.08. The number of nitrogens with one attached hydrogen (secondary N) is 1. The van der Waals surface area contributed by atoms with E-state index in [4.69, 9.17) is 11.6 Å². The van der Waals surface area contributed by atoms with Crippen molar-refractivity contribution in [2.45, 2.75) is 43.2 Å². The van der Waals surface area contributed by atoms with Gasteiger partial charge in [-0.3, -0.25) is 4.98 Å². The SMILES string of the molecule is CCNC(Cc1ccncc1Cl)C1SCCSC1CC. The van der Waals surface area contributed by atoms with Gasteiger partial charge in [0, 0.05) is 40.4 Å². The van der Waals surface area contributed by atoms with E-state index in [9.17, 15) is 0 Å². The fourth-order valence-electron chi connectivity index (χ4n) is 2.68. The summed E-state index contributed by atoms with van der Waals surface area (Å²) in [6.45, 7) is 5.49. The van der Waals surface area contributed by atoms with Crippen LogP contribution in [-0.2, 0) is 6.42 Å². The molecular formula is C15H23ClN2S2. The Kier molecular flexibility index (Phi) is 7.02. The lowest BCUT2D eigenvalue weighted by atomic mass is 10.0. The number of hydrogen-bond acceptors (Lipinski definition) is 4. The molecule has 112 valence electrons. The Hall–Kier alpha value is 0.1000. The van der Waals surface area contributed by atoms with Crippen LogP contribution in [0.25, 0.3) is 0 Å². The highest BCUT2D eigenvalue weighted by Crippen LogP contribution is 2.36. The number of halogens is 1. The molecule has 1 aromatic heterocycles. The van der Waals surface area contributed by atoms with Crippen LogP contribution in [0.5, 0.6) is 0 Å². The minimum absolute atomic E-state index is 0.489. The summed E-state index contributed by atoms with van der Waals surface area (Å²) in [7, 11) is 0. The third-order valence-corrected chi connectivity index (χ3v) is 7.40. The predicted octanol–water partition coefficient (Wildman–Crippen LogP) is 3.88. The quantitative estimate of drug-likeness (QED) is 0.855. The maximum absolute atomic E-state index is 6.28. The zero-order chi connectivity index (χ0) is 14.4. The molecule has 1 aromatic rings. The van der Waals surface area contributed by atoms with Crippen molar-refractivity contribution in [3.05, 3.63) is 29.0 Å². The van der Waals surface area contributed by atoms with E-state index in [1.54, 1.807) is 6.20 Å². The van der Waals surface area contributed by atoms with Crippen molar-refractivity contribution < 1.29 is 0 Å². The summed E-state index contributed by atoms with van der Waals surface area (Å²) in [5, 5.41) is 5.89. The molecule has 1 aliphatic rings. The molecule has 0 aliphatic carbocycles. The van der Waals surface area contributed by atoms with Crippen LogP contribution in [-0.4, -0.2) is 39.6 Å². The van der Waals surface area contributed by atoms with Gasteiger partial charge >= 0.3 is 0 Å². The number of aromatic nitrogens is 1. The molecule has 1 N–H and O–H groups in total. The van der Waals surface area contributed by atoms with Gasteiger partial charge in [-0.05, 0) is 31.0 Å². The highest BCUT2D eigenvalue weighted by Gasteiger charge is 2.31. The first-order valence-electron chi connectivity index (χ1n) is 7.31. The molecule has 0 aromatic carbocycles. The average molecular weight is 331 g/mol. The topological polar surface area (TPSA) is 24.9 Å². The van der Waals surface area contributed by atoms with Crippen LogP contribution in [0.4, 0.5) is 0 Å². The predicted molar refractivity (Wildman–Crippen MR) is 93.2 cm³/mol. The molecule has 0 saturated carbocycles. The summed E-state index contributed by atoms with van der Waals surface area (Å²) in [5.41, 5.74) is 1.21. The lowest BCUT2D eigenvalue weighted by Gasteiger charge is -2.36. The zero-order valence-electron chi connectivity index (χ0n) is 12.1. The Morgan fingerprint density at radius 3 is 2.90 bits per heavy atom. The number of rotatable bonds is 6. The van der Waals surface area contributed by atoms with E-state index >= 15 is 0 Å². The van der Waals surface area contributed by atoms with E-state index in [1.807, 2.05) is 12.3 Å². The zero-order valence-corrected chi connectivity index (χ0v) is 14.5. The van der Waals surface area contributed by atoms with Crippen molar-refractivity contribution in [1.29, 1.82) is 0 Å². The molecule has 0 bridgehead atoms. The molecule has 0 radical (unpaired) electrons. The first-order chi connectivity index (χ1) is 9.76. The third-order valence-electron chi connectivity index (χ3n) is 3.65. The molecule has 1 saturated heterocycles. The van der Waals surface area contributed by atoms with Crippen LogP contribution in [0.2, 0.25) is 5.02 Å². The Labute approximate surface area is 135 Å². The first-order valence-corrected chi connectivity index (χ1v) is 9.78. The van der Waals surface area contributed by atoms with Gasteiger partial charge in [0.25, 0.3) is 0 Å². The average Bonchev–Trinajstić information content (AvgIpc) is 2.49. The van der Waals surface area contributed by atoms with E-state index in [0.717, 1.165) is 23.2 Å². The molecule has 0 spiro atoms. The third kappa shape index (κ3) is 4.30. The minimum Gasteiger partial charge on any atom is -0.313 e. The number of hydrogen-bond donors (Lipinski definition) is 1. The summed E-state index contributed by atoms with van der Waals surface area (Å²) < 4.78 is 0. The Morgan fingerprint density at radius 1 is 1.40 bits per heavy atom. The van der Waals surface area contributed by atoms with E-state index < -0.39 is 0 Å². The maximum Gasteiger partial charge on any atom is 0.0621 e. The van der Waals surface area contributed by atoms with E-state index in [0.29, 0.717) is 11.3 Å². The largest absolute Gasteiger partial charge is 0.313 e. The van der Waals surface area contributed by atoms with Gasteiger partial charge in [0.05, 0.1) is 5.02 Å². The van der Waals surface area contributed by atoms with Gasteiger partial charge in [-0.1, -0.05) is 25.4 Å². The van der Waals surface area contributed by atoms with Gasteiger partial charge in [0.15, 0.2) is 0 Å². The van der Waals surface area contributed by atoms with Gasteiger partial charge in [-0.15, -0.1) is 0 Å². The summed E-state index contributed by atoms with van der Waals surface area (Å²) in [6, 6.07) is 2.54. The van der Waals surface area contributed by atoms with Gasteiger partial charge in [0.1, 0.15) is 0 Å². The lowest BCUT2D eigenvalue weighted by molar-refractivity contribution is 0.490. The van der Waals surface area contributed by atoms with Crippen LogP contribution < -0.4 is 5.32 Å². The van der Waals surface area contributed by atoms with Crippen molar-refractivity contribution >= 4 is 35.1 Å². The maximum atomic E-state index is 6.28. The summed E-state index contributed by atoms with van der Waals surface area (Å²) in [5.74, 6) is 2.55. The molecule has 2 heterocycles. The van der Waals surface area contributed by atoms with Crippen molar-refractivity contribution in [2.24, 2.45) is 0 Å². The van der Waals surface area contributed by atoms with Crippen LogP contribution in [0, 0.1) is 0 Å². The molecule has 0 amide bonds. The fourth-order valence-corrected chi connectivity index (χ4v) is 6.14.